The normalized spacial score (nSPS) is 15.5. The van der Waals surface area contributed by atoms with Crippen LogP contribution in [-0.2, 0) is 14.3 Å². The molecule has 0 saturated carbocycles. The predicted molar refractivity (Wildman–Crippen MR) is 90.5 cm³/mol. The van der Waals surface area contributed by atoms with Crippen LogP contribution in [0.2, 0.25) is 0 Å². The summed E-state index contributed by atoms with van der Waals surface area (Å²) in [5.41, 5.74) is 1.07. The Labute approximate surface area is 145 Å². The molecule has 136 valence electrons. The van der Waals surface area contributed by atoms with Crippen LogP contribution in [0, 0.1) is 17.0 Å². The molecule has 1 aliphatic heterocycles. The molecule has 0 aromatic heterocycles. The first-order valence-electron chi connectivity index (χ1n) is 8.08. The van der Waals surface area contributed by atoms with Crippen molar-refractivity contribution in [1.29, 1.82) is 0 Å². The number of non-ortho nitro benzene ring substituents is 1. The van der Waals surface area contributed by atoms with E-state index in [2.05, 4.69) is 5.32 Å². The molecule has 1 unspecified atom stereocenters. The summed E-state index contributed by atoms with van der Waals surface area (Å²) in [5.74, 6) is -0.309. The highest BCUT2D eigenvalue weighted by Crippen LogP contribution is 2.21. The molecule has 1 fully saturated rings. The highest BCUT2D eigenvalue weighted by Gasteiger charge is 2.22. The molecule has 2 N–H and O–H groups in total. The highest BCUT2D eigenvalue weighted by molar-refractivity contribution is 5.92. The zero-order valence-electron chi connectivity index (χ0n) is 14.4. The first kappa shape index (κ1) is 18.8. The Morgan fingerprint density at radius 1 is 1.32 bits per heavy atom. The van der Waals surface area contributed by atoms with E-state index in [-0.39, 0.29) is 30.6 Å². The second-order valence-electron chi connectivity index (χ2n) is 6.11. The Morgan fingerprint density at radius 3 is 2.64 bits per heavy atom. The summed E-state index contributed by atoms with van der Waals surface area (Å²) < 4.78 is 5.21. The zero-order valence-corrected chi connectivity index (χ0v) is 14.4. The van der Waals surface area contributed by atoms with E-state index in [1.54, 1.807) is 24.9 Å². The van der Waals surface area contributed by atoms with Crippen LogP contribution in [0.4, 0.5) is 11.4 Å². The summed E-state index contributed by atoms with van der Waals surface area (Å²) in [4.78, 5) is 37.1. The molecular formula is C16H23N4O5+. The number of hydrogen-bond acceptors (Lipinski definition) is 5. The van der Waals surface area contributed by atoms with Gasteiger partial charge in [-0.05, 0) is 12.5 Å². The molecule has 2 amide bonds. The van der Waals surface area contributed by atoms with Crippen molar-refractivity contribution < 1.29 is 24.1 Å². The minimum Gasteiger partial charge on any atom is -0.378 e. The number of nitrogens with zero attached hydrogens (tertiary/aromatic N) is 2. The first-order valence-corrected chi connectivity index (χ1v) is 8.08. The monoisotopic (exact) mass is 351 g/mol. The SMILES string of the molecule is Cc1ccc([N+](=O)[O-])cc1NC(=O)C[NH+](C)CC(=O)N1CCOCC1. The van der Waals surface area contributed by atoms with Crippen LogP contribution in [0.25, 0.3) is 0 Å². The molecule has 9 heteroatoms. The molecule has 9 nitrogen and oxygen atoms in total. The van der Waals surface area contributed by atoms with Crippen molar-refractivity contribution in [3.63, 3.8) is 0 Å². The maximum absolute atomic E-state index is 12.2. The van der Waals surface area contributed by atoms with E-state index in [4.69, 9.17) is 4.74 Å². The number of rotatable bonds is 6. The molecule has 1 aromatic rings. The largest absolute Gasteiger partial charge is 0.378 e. The Balaban J connectivity index is 1.88. The van der Waals surface area contributed by atoms with Crippen molar-refractivity contribution >= 4 is 23.2 Å². The maximum atomic E-state index is 12.2. The molecule has 1 saturated heterocycles. The van der Waals surface area contributed by atoms with Gasteiger partial charge in [-0.15, -0.1) is 0 Å². The fourth-order valence-corrected chi connectivity index (χ4v) is 2.57. The summed E-state index contributed by atoms with van der Waals surface area (Å²) in [6.45, 7) is 4.29. The number of carbonyl (C=O) groups is 2. The summed E-state index contributed by atoms with van der Waals surface area (Å²) in [7, 11) is 1.76. The third-order valence-corrected chi connectivity index (χ3v) is 3.99. The van der Waals surface area contributed by atoms with Crippen LogP contribution in [0.1, 0.15) is 5.56 Å². The lowest BCUT2D eigenvalue weighted by atomic mass is 10.2. The molecule has 0 bridgehead atoms. The number of aryl methyl sites for hydroxylation is 1. The van der Waals surface area contributed by atoms with Gasteiger partial charge in [0.25, 0.3) is 17.5 Å². The molecule has 0 spiro atoms. The van der Waals surface area contributed by atoms with Crippen molar-refractivity contribution in [3.8, 4) is 0 Å². The van der Waals surface area contributed by atoms with Crippen molar-refractivity contribution in [1.82, 2.24) is 4.90 Å². The van der Waals surface area contributed by atoms with Gasteiger partial charge in [0.1, 0.15) is 0 Å². The van der Waals surface area contributed by atoms with Crippen LogP contribution < -0.4 is 10.2 Å². The van der Waals surface area contributed by atoms with Gasteiger partial charge in [0.2, 0.25) is 0 Å². The van der Waals surface area contributed by atoms with E-state index in [0.29, 0.717) is 32.0 Å². The number of anilines is 1. The smallest absolute Gasteiger partial charge is 0.279 e. The van der Waals surface area contributed by atoms with E-state index in [1.165, 1.54) is 12.1 Å². The van der Waals surface area contributed by atoms with Gasteiger partial charge in [-0.1, -0.05) is 6.07 Å². The van der Waals surface area contributed by atoms with Gasteiger partial charge < -0.3 is 19.9 Å². The quantitative estimate of drug-likeness (QED) is 0.516. The summed E-state index contributed by atoms with van der Waals surface area (Å²) in [6, 6.07) is 4.32. The lowest BCUT2D eigenvalue weighted by Crippen LogP contribution is -3.11. The third kappa shape index (κ3) is 5.50. The standard InChI is InChI=1S/C16H22N4O5/c1-12-3-4-13(20(23)24)9-14(12)17-15(21)10-18(2)11-16(22)19-5-7-25-8-6-19/h3-4,9H,5-8,10-11H2,1-2H3,(H,17,21)/p+1. The summed E-state index contributed by atoms with van der Waals surface area (Å²) >= 11 is 0. The number of amides is 2. The van der Waals surface area contributed by atoms with Crippen molar-refractivity contribution in [3.05, 3.63) is 33.9 Å². The molecule has 25 heavy (non-hydrogen) atoms. The lowest BCUT2D eigenvalue weighted by Gasteiger charge is -2.27. The Morgan fingerprint density at radius 2 is 2.00 bits per heavy atom. The van der Waals surface area contributed by atoms with Crippen LogP contribution >= 0.6 is 0 Å². The van der Waals surface area contributed by atoms with E-state index < -0.39 is 4.92 Å². The molecule has 1 heterocycles. The Kier molecular flexibility index (Phi) is 6.43. The molecular weight excluding hydrogens is 328 g/mol. The van der Waals surface area contributed by atoms with Crippen LogP contribution in [0.15, 0.2) is 18.2 Å². The van der Waals surface area contributed by atoms with Crippen molar-refractivity contribution in [2.45, 2.75) is 6.92 Å². The van der Waals surface area contributed by atoms with E-state index >= 15 is 0 Å². The van der Waals surface area contributed by atoms with E-state index in [9.17, 15) is 19.7 Å². The number of nitrogens with one attached hydrogen (secondary N) is 2. The van der Waals surface area contributed by atoms with E-state index in [0.717, 1.165) is 10.5 Å². The molecule has 0 radical (unpaired) electrons. The number of nitro benzene ring substituents is 1. The van der Waals surface area contributed by atoms with Gasteiger partial charge >= 0.3 is 0 Å². The van der Waals surface area contributed by atoms with Crippen LogP contribution in [-0.4, -0.2) is 68.1 Å². The second kappa shape index (κ2) is 8.54. The number of likely N-dealkylation sites (N-methyl/N-ethyl adjacent to an activating group) is 1. The number of morpholine rings is 1. The Bertz CT molecular complexity index is 658. The minimum absolute atomic E-state index is 0.0138. The molecule has 1 aromatic carbocycles. The predicted octanol–water partition coefficient (Wildman–Crippen LogP) is -0.785. The number of nitro groups is 1. The van der Waals surface area contributed by atoms with Gasteiger partial charge in [0.05, 0.1) is 30.9 Å². The van der Waals surface area contributed by atoms with E-state index in [1.807, 2.05) is 0 Å². The number of carbonyl (C=O) groups excluding carboxylic acids is 2. The van der Waals surface area contributed by atoms with Crippen LogP contribution in [0.5, 0.6) is 0 Å². The van der Waals surface area contributed by atoms with Crippen molar-refractivity contribution in [2.24, 2.45) is 0 Å². The number of quaternary nitrogens is 1. The van der Waals surface area contributed by atoms with Gasteiger partial charge in [0.15, 0.2) is 13.1 Å². The zero-order chi connectivity index (χ0) is 18.4. The first-order chi connectivity index (χ1) is 11.9. The number of hydrogen-bond donors (Lipinski definition) is 2. The topological polar surface area (TPSA) is 106 Å². The molecule has 1 atom stereocenters. The van der Waals surface area contributed by atoms with Gasteiger partial charge in [-0.3, -0.25) is 19.7 Å². The second-order valence-corrected chi connectivity index (χ2v) is 6.11. The fraction of sp³-hybridized carbons (Fsp3) is 0.500. The van der Waals surface area contributed by atoms with Gasteiger partial charge in [0, 0.05) is 25.2 Å². The minimum atomic E-state index is -0.506. The molecule has 1 aliphatic rings. The van der Waals surface area contributed by atoms with Gasteiger partial charge in [-0.2, -0.15) is 0 Å². The number of benzene rings is 1. The lowest BCUT2D eigenvalue weighted by molar-refractivity contribution is -0.862. The Hall–Kier alpha value is -2.52. The fourth-order valence-electron chi connectivity index (χ4n) is 2.57. The average molecular weight is 351 g/mol. The summed E-state index contributed by atoms with van der Waals surface area (Å²) in [6.07, 6.45) is 0. The van der Waals surface area contributed by atoms with Crippen molar-refractivity contribution in [2.75, 3.05) is 51.8 Å². The number of ether oxygens (including phenoxy) is 1. The third-order valence-electron chi connectivity index (χ3n) is 3.99. The maximum Gasteiger partial charge on any atom is 0.279 e. The van der Waals surface area contributed by atoms with Gasteiger partial charge in [-0.25, -0.2) is 0 Å². The summed E-state index contributed by atoms with van der Waals surface area (Å²) in [5, 5.41) is 13.5. The average Bonchev–Trinajstić information content (AvgIpc) is 2.57. The molecule has 2 rings (SSSR count). The van der Waals surface area contributed by atoms with Crippen LogP contribution in [0.3, 0.4) is 0 Å². The molecule has 0 aliphatic carbocycles. The highest BCUT2D eigenvalue weighted by atomic mass is 16.6.